The van der Waals surface area contributed by atoms with Crippen LogP contribution in [0.2, 0.25) is 0 Å². The van der Waals surface area contributed by atoms with E-state index in [-0.39, 0.29) is 5.90 Å². The van der Waals surface area contributed by atoms with Gasteiger partial charge in [0.15, 0.2) is 0 Å². The molecule has 1 rings (SSSR count). The number of rotatable bonds is 12. The Labute approximate surface area is 144 Å². The number of amides is 1. The quantitative estimate of drug-likeness (QED) is 0.343. The lowest BCUT2D eigenvalue weighted by atomic mass is 10.1. The van der Waals surface area contributed by atoms with Crippen molar-refractivity contribution in [2.45, 2.75) is 45.4 Å². The second-order valence-electron chi connectivity index (χ2n) is 5.82. The Bertz CT molecular complexity index is 538. The molecule has 24 heavy (non-hydrogen) atoms. The molecule has 0 fully saturated rings. The molecule has 0 spiro atoms. The van der Waals surface area contributed by atoms with Gasteiger partial charge in [0.05, 0.1) is 13.2 Å². The molecule has 0 saturated carbocycles. The third-order valence-electron chi connectivity index (χ3n) is 3.58. The number of hydrogen-bond donors (Lipinski definition) is 2. The molecule has 0 bridgehead atoms. The smallest absolute Gasteiger partial charge is 0.248 e. The Morgan fingerprint density at radius 2 is 1.58 bits per heavy atom. The molecule has 1 aromatic rings. The van der Waals surface area contributed by atoms with E-state index in [9.17, 15) is 4.79 Å². The van der Waals surface area contributed by atoms with Crippen LogP contribution in [0.3, 0.4) is 0 Å². The first kappa shape index (κ1) is 19.7. The van der Waals surface area contributed by atoms with Gasteiger partial charge in [0.25, 0.3) is 0 Å². The van der Waals surface area contributed by atoms with Crippen LogP contribution in [-0.2, 0) is 4.74 Å². The van der Waals surface area contributed by atoms with Crippen LogP contribution in [0.15, 0.2) is 36.4 Å². The molecule has 3 N–H and O–H groups in total. The van der Waals surface area contributed by atoms with Gasteiger partial charge in [-0.3, -0.25) is 10.2 Å². The van der Waals surface area contributed by atoms with Crippen molar-refractivity contribution in [3.63, 3.8) is 0 Å². The highest BCUT2D eigenvalue weighted by molar-refractivity contribution is 5.92. The second kappa shape index (κ2) is 11.3. The van der Waals surface area contributed by atoms with Crippen molar-refractivity contribution in [1.29, 1.82) is 5.41 Å². The maximum Gasteiger partial charge on any atom is 0.248 e. The van der Waals surface area contributed by atoms with E-state index >= 15 is 0 Å². The van der Waals surface area contributed by atoms with Crippen molar-refractivity contribution < 1.29 is 14.3 Å². The van der Waals surface area contributed by atoms with Gasteiger partial charge in [0.2, 0.25) is 11.8 Å². The van der Waals surface area contributed by atoms with Gasteiger partial charge < -0.3 is 15.2 Å². The fourth-order valence-corrected chi connectivity index (χ4v) is 2.11. The minimum absolute atomic E-state index is 0.191. The number of carbonyl (C=O) groups is 1. The highest BCUT2D eigenvalue weighted by Gasteiger charge is 2.00. The van der Waals surface area contributed by atoms with Gasteiger partial charge in [-0.1, -0.05) is 32.3 Å². The fourth-order valence-electron chi connectivity index (χ4n) is 2.11. The largest absolute Gasteiger partial charge is 0.494 e. The molecule has 0 heterocycles. The summed E-state index contributed by atoms with van der Waals surface area (Å²) in [6, 6.07) is 6.88. The monoisotopic (exact) mass is 332 g/mol. The first-order valence-corrected chi connectivity index (χ1v) is 8.40. The molecule has 1 aromatic carbocycles. The Balaban J connectivity index is 1.96. The maximum absolute atomic E-state index is 11.0. The molecular weight excluding hydrogens is 304 g/mol. The molecule has 0 aromatic heterocycles. The van der Waals surface area contributed by atoms with Crippen molar-refractivity contribution in [2.75, 3.05) is 13.2 Å². The molecule has 5 nitrogen and oxygen atoms in total. The van der Waals surface area contributed by atoms with Crippen LogP contribution in [-0.4, -0.2) is 25.0 Å². The second-order valence-corrected chi connectivity index (χ2v) is 5.82. The van der Waals surface area contributed by atoms with E-state index in [0.717, 1.165) is 37.9 Å². The Morgan fingerprint density at radius 1 is 1.04 bits per heavy atom. The molecule has 0 aliphatic heterocycles. The van der Waals surface area contributed by atoms with Crippen molar-refractivity contribution in [3.8, 4) is 5.75 Å². The lowest BCUT2D eigenvalue weighted by Gasteiger charge is -2.07. The topological polar surface area (TPSA) is 85.4 Å². The number of nitrogens with two attached hydrogens (primary N) is 1. The highest BCUT2D eigenvalue weighted by Crippen LogP contribution is 2.13. The number of primary amides is 1. The van der Waals surface area contributed by atoms with E-state index in [0.29, 0.717) is 24.4 Å². The molecule has 5 heteroatoms. The summed E-state index contributed by atoms with van der Waals surface area (Å²) in [4.78, 5) is 11.0. The van der Waals surface area contributed by atoms with E-state index in [4.69, 9.17) is 20.6 Å². The average Bonchev–Trinajstić information content (AvgIpc) is 2.56. The van der Waals surface area contributed by atoms with Crippen LogP contribution in [0.1, 0.15) is 55.8 Å². The lowest BCUT2D eigenvalue weighted by molar-refractivity contribution is 0.1000. The number of hydrogen-bond acceptors (Lipinski definition) is 4. The average molecular weight is 332 g/mol. The van der Waals surface area contributed by atoms with E-state index < -0.39 is 5.91 Å². The van der Waals surface area contributed by atoms with Crippen LogP contribution in [0.5, 0.6) is 5.75 Å². The van der Waals surface area contributed by atoms with Crippen LogP contribution < -0.4 is 10.5 Å². The summed E-state index contributed by atoms with van der Waals surface area (Å²) in [6.07, 6.45) is 6.55. The minimum atomic E-state index is -0.427. The summed E-state index contributed by atoms with van der Waals surface area (Å²) in [6.45, 7) is 6.71. The number of benzene rings is 1. The summed E-state index contributed by atoms with van der Waals surface area (Å²) in [5.74, 6) is 0.525. The molecular formula is C19H28N2O3. The van der Waals surface area contributed by atoms with Crippen LogP contribution in [0.4, 0.5) is 0 Å². The van der Waals surface area contributed by atoms with Gasteiger partial charge >= 0.3 is 0 Å². The van der Waals surface area contributed by atoms with Crippen LogP contribution >= 0.6 is 0 Å². The predicted molar refractivity (Wildman–Crippen MR) is 96.6 cm³/mol. The molecule has 0 atom stereocenters. The molecule has 1 amide bonds. The van der Waals surface area contributed by atoms with Crippen molar-refractivity contribution in [1.82, 2.24) is 0 Å². The van der Waals surface area contributed by atoms with Gasteiger partial charge in [-0.2, -0.15) is 0 Å². The number of carbonyl (C=O) groups excluding carboxylic acids is 1. The molecule has 0 aliphatic carbocycles. The summed E-state index contributed by atoms with van der Waals surface area (Å²) in [7, 11) is 0. The normalized spacial score (nSPS) is 10.2. The summed E-state index contributed by atoms with van der Waals surface area (Å²) < 4.78 is 10.9. The summed E-state index contributed by atoms with van der Waals surface area (Å²) >= 11 is 0. The zero-order valence-corrected chi connectivity index (χ0v) is 14.5. The number of unbranched alkanes of at least 4 members (excludes halogenated alkanes) is 5. The third kappa shape index (κ3) is 8.36. The fraction of sp³-hybridized carbons (Fsp3) is 0.474. The Kier molecular flexibility index (Phi) is 9.27. The van der Waals surface area contributed by atoms with Gasteiger partial charge in [0, 0.05) is 11.1 Å². The third-order valence-corrected chi connectivity index (χ3v) is 3.58. The number of nitrogens with one attached hydrogen (secondary N) is 1. The van der Waals surface area contributed by atoms with Gasteiger partial charge in [-0.15, -0.1) is 0 Å². The summed E-state index contributed by atoms with van der Waals surface area (Å²) in [5.41, 5.74) is 6.34. The SMILES string of the molecule is C=C(C)C(=N)OCCCCCCCCOc1ccc(C(N)=O)cc1. The summed E-state index contributed by atoms with van der Waals surface area (Å²) in [5, 5.41) is 7.48. The Hall–Kier alpha value is -2.30. The van der Waals surface area contributed by atoms with Gasteiger partial charge in [0.1, 0.15) is 5.75 Å². The minimum Gasteiger partial charge on any atom is -0.494 e. The molecule has 0 unspecified atom stereocenters. The standard InChI is InChI=1S/C19H28N2O3/c1-15(2)19(21)24-14-8-6-4-3-5-7-13-23-17-11-9-16(10-12-17)18(20)22/h9-12,21H,1,3-8,13-14H2,2H3,(H2,20,22). The highest BCUT2D eigenvalue weighted by atomic mass is 16.5. The van der Waals surface area contributed by atoms with Crippen LogP contribution in [0, 0.1) is 5.41 Å². The zero-order valence-electron chi connectivity index (χ0n) is 14.5. The first-order valence-electron chi connectivity index (χ1n) is 8.40. The molecule has 0 saturated heterocycles. The van der Waals surface area contributed by atoms with Crippen molar-refractivity contribution in [3.05, 3.63) is 42.0 Å². The lowest BCUT2D eigenvalue weighted by Crippen LogP contribution is -2.10. The predicted octanol–water partition coefficient (Wildman–Crippen LogP) is 4.07. The van der Waals surface area contributed by atoms with Crippen LogP contribution in [0.25, 0.3) is 0 Å². The van der Waals surface area contributed by atoms with Crippen molar-refractivity contribution >= 4 is 11.8 Å². The molecule has 0 radical (unpaired) electrons. The first-order chi connectivity index (χ1) is 11.5. The van der Waals surface area contributed by atoms with Crippen molar-refractivity contribution in [2.24, 2.45) is 5.73 Å². The molecule has 0 aliphatic rings. The van der Waals surface area contributed by atoms with E-state index in [1.54, 1.807) is 31.2 Å². The number of ether oxygens (including phenoxy) is 2. The van der Waals surface area contributed by atoms with E-state index in [1.165, 1.54) is 6.42 Å². The Morgan fingerprint density at radius 3 is 2.12 bits per heavy atom. The van der Waals surface area contributed by atoms with E-state index in [2.05, 4.69) is 6.58 Å². The van der Waals surface area contributed by atoms with Gasteiger partial charge in [-0.05, 0) is 44.0 Å². The van der Waals surface area contributed by atoms with Gasteiger partial charge in [-0.25, -0.2) is 0 Å². The van der Waals surface area contributed by atoms with E-state index in [1.807, 2.05) is 0 Å². The molecule has 132 valence electrons. The zero-order chi connectivity index (χ0) is 17.8. The maximum atomic E-state index is 11.0.